The van der Waals surface area contributed by atoms with Crippen molar-refractivity contribution in [3.05, 3.63) is 11.9 Å². The average molecular weight is 219 g/mol. The van der Waals surface area contributed by atoms with Crippen molar-refractivity contribution >= 4 is 5.82 Å². The predicted octanol–water partition coefficient (Wildman–Crippen LogP) is 2.01. The van der Waals surface area contributed by atoms with Gasteiger partial charge < -0.3 is 10.1 Å². The number of terminal acetylenes is 1. The molecule has 4 nitrogen and oxygen atoms in total. The molecule has 1 rings (SSSR count). The molecule has 86 valence electrons. The number of hydrogen-bond donors (Lipinski definition) is 1. The summed E-state index contributed by atoms with van der Waals surface area (Å²) >= 11 is 0. The molecule has 4 heteroatoms. The fraction of sp³-hybridized carbons (Fsp3) is 0.500. The van der Waals surface area contributed by atoms with Gasteiger partial charge in [-0.05, 0) is 13.3 Å². The maximum atomic E-state index is 5.30. The lowest BCUT2D eigenvalue weighted by Crippen LogP contribution is -2.18. The molecule has 0 radical (unpaired) electrons. The first-order valence-electron chi connectivity index (χ1n) is 5.29. The highest BCUT2D eigenvalue weighted by atomic mass is 16.5. The van der Waals surface area contributed by atoms with Crippen molar-refractivity contribution in [2.24, 2.45) is 0 Å². The molecule has 1 unspecified atom stereocenters. The van der Waals surface area contributed by atoms with Crippen molar-refractivity contribution in [1.82, 2.24) is 9.97 Å². The zero-order valence-corrected chi connectivity index (χ0v) is 9.95. The maximum absolute atomic E-state index is 5.30. The van der Waals surface area contributed by atoms with Crippen LogP contribution in [-0.2, 0) is 0 Å². The molecule has 0 aliphatic heterocycles. The van der Waals surface area contributed by atoms with E-state index in [-0.39, 0.29) is 6.04 Å². The van der Waals surface area contributed by atoms with Crippen LogP contribution in [0, 0.1) is 19.3 Å². The van der Waals surface area contributed by atoms with Gasteiger partial charge in [0.15, 0.2) is 0 Å². The first-order chi connectivity index (χ1) is 7.69. The number of aryl methyl sites for hydroxylation is 1. The number of rotatable bonds is 5. The van der Waals surface area contributed by atoms with Gasteiger partial charge in [-0.1, -0.05) is 6.92 Å². The number of aromatic nitrogens is 2. The highest BCUT2D eigenvalue weighted by molar-refractivity contribution is 5.39. The predicted molar refractivity (Wildman–Crippen MR) is 64.5 cm³/mol. The highest BCUT2D eigenvalue weighted by Crippen LogP contribution is 2.15. The molecule has 0 amide bonds. The van der Waals surface area contributed by atoms with Crippen LogP contribution in [0.3, 0.4) is 0 Å². The van der Waals surface area contributed by atoms with Gasteiger partial charge >= 0.3 is 0 Å². The summed E-state index contributed by atoms with van der Waals surface area (Å²) in [4.78, 5) is 8.40. The molecule has 1 heterocycles. The Morgan fingerprint density at radius 3 is 2.88 bits per heavy atom. The van der Waals surface area contributed by atoms with E-state index in [0.717, 1.165) is 12.2 Å². The van der Waals surface area contributed by atoms with Crippen molar-refractivity contribution in [2.45, 2.75) is 32.7 Å². The second-order valence-electron chi connectivity index (χ2n) is 3.50. The molecule has 0 spiro atoms. The van der Waals surface area contributed by atoms with Crippen LogP contribution in [0.25, 0.3) is 0 Å². The van der Waals surface area contributed by atoms with E-state index in [1.165, 1.54) is 0 Å². The van der Waals surface area contributed by atoms with Gasteiger partial charge in [-0.3, -0.25) is 0 Å². The van der Waals surface area contributed by atoms with Crippen molar-refractivity contribution in [1.29, 1.82) is 0 Å². The molecule has 16 heavy (non-hydrogen) atoms. The number of hydrogen-bond acceptors (Lipinski definition) is 4. The molecule has 0 aliphatic rings. The highest BCUT2D eigenvalue weighted by Gasteiger charge is 2.07. The first-order valence-corrected chi connectivity index (χ1v) is 5.29. The monoisotopic (exact) mass is 219 g/mol. The number of methoxy groups -OCH3 is 1. The summed E-state index contributed by atoms with van der Waals surface area (Å²) < 4.78 is 5.08. The number of nitrogens with zero attached hydrogens (tertiary/aromatic N) is 2. The molecule has 0 bridgehead atoms. The zero-order chi connectivity index (χ0) is 12.0. The SMILES string of the molecule is C#CCC(CC)Nc1cc(OC)nc(C)n1. The Balaban J connectivity index is 2.79. The van der Waals surface area contributed by atoms with Gasteiger partial charge in [0.1, 0.15) is 11.6 Å². The minimum absolute atomic E-state index is 0.240. The lowest BCUT2D eigenvalue weighted by atomic mass is 10.1. The second kappa shape index (κ2) is 5.96. The Hall–Kier alpha value is -1.76. The smallest absolute Gasteiger partial charge is 0.218 e. The summed E-state index contributed by atoms with van der Waals surface area (Å²) in [5, 5.41) is 3.27. The summed E-state index contributed by atoms with van der Waals surface area (Å²) in [7, 11) is 1.59. The van der Waals surface area contributed by atoms with E-state index in [2.05, 4.69) is 28.1 Å². The molecule has 1 aromatic rings. The van der Waals surface area contributed by atoms with E-state index in [4.69, 9.17) is 11.2 Å². The normalized spacial score (nSPS) is 11.6. The molecular formula is C12H17N3O. The third kappa shape index (κ3) is 3.43. The lowest BCUT2D eigenvalue weighted by Gasteiger charge is -2.15. The molecule has 0 saturated heterocycles. The molecule has 0 aromatic carbocycles. The summed E-state index contributed by atoms with van der Waals surface area (Å²) in [6, 6.07) is 2.01. The molecule has 1 N–H and O–H groups in total. The molecule has 0 fully saturated rings. The number of nitrogens with one attached hydrogen (secondary N) is 1. The standard InChI is InChI=1S/C12H17N3O/c1-5-7-10(6-2)15-11-8-12(16-4)14-9(3)13-11/h1,8,10H,6-7H2,2-4H3,(H,13,14,15). The minimum atomic E-state index is 0.240. The average Bonchev–Trinajstić information content (AvgIpc) is 2.27. The van der Waals surface area contributed by atoms with Crippen molar-refractivity contribution in [3.63, 3.8) is 0 Å². The van der Waals surface area contributed by atoms with Crippen molar-refractivity contribution in [3.8, 4) is 18.2 Å². The van der Waals surface area contributed by atoms with E-state index < -0.39 is 0 Å². The van der Waals surface area contributed by atoms with Crippen LogP contribution in [-0.4, -0.2) is 23.1 Å². The quantitative estimate of drug-likeness (QED) is 0.769. The molecular weight excluding hydrogens is 202 g/mol. The number of anilines is 1. The van der Waals surface area contributed by atoms with Crippen LogP contribution in [0.1, 0.15) is 25.6 Å². The van der Waals surface area contributed by atoms with E-state index in [9.17, 15) is 0 Å². The summed E-state index contributed by atoms with van der Waals surface area (Å²) in [5.74, 6) is 4.64. The van der Waals surface area contributed by atoms with E-state index in [0.29, 0.717) is 18.1 Å². The van der Waals surface area contributed by atoms with Gasteiger partial charge in [-0.15, -0.1) is 12.3 Å². The van der Waals surface area contributed by atoms with E-state index in [1.807, 2.05) is 6.92 Å². The molecule has 0 aliphatic carbocycles. The Morgan fingerprint density at radius 2 is 2.31 bits per heavy atom. The van der Waals surface area contributed by atoms with E-state index >= 15 is 0 Å². The molecule has 1 aromatic heterocycles. The fourth-order valence-corrected chi connectivity index (χ4v) is 1.37. The topological polar surface area (TPSA) is 47.0 Å². The Bertz CT molecular complexity index is 384. The van der Waals surface area contributed by atoms with Crippen LogP contribution in [0.15, 0.2) is 6.07 Å². The fourth-order valence-electron chi connectivity index (χ4n) is 1.37. The van der Waals surface area contributed by atoms with Crippen LogP contribution in [0.4, 0.5) is 5.82 Å². The van der Waals surface area contributed by atoms with E-state index in [1.54, 1.807) is 13.2 Å². The zero-order valence-electron chi connectivity index (χ0n) is 9.95. The van der Waals surface area contributed by atoms with Gasteiger partial charge in [0.2, 0.25) is 5.88 Å². The van der Waals surface area contributed by atoms with Crippen molar-refractivity contribution in [2.75, 3.05) is 12.4 Å². The first kappa shape index (κ1) is 12.3. The molecule has 0 saturated carbocycles. The van der Waals surface area contributed by atoms with Gasteiger partial charge in [0.25, 0.3) is 0 Å². The van der Waals surface area contributed by atoms with Crippen LogP contribution in [0.5, 0.6) is 5.88 Å². The number of ether oxygens (including phenoxy) is 1. The Labute approximate surface area is 96.5 Å². The maximum Gasteiger partial charge on any atom is 0.218 e. The van der Waals surface area contributed by atoms with Crippen LogP contribution >= 0.6 is 0 Å². The third-order valence-electron chi connectivity index (χ3n) is 2.23. The minimum Gasteiger partial charge on any atom is -0.481 e. The summed E-state index contributed by atoms with van der Waals surface area (Å²) in [5.41, 5.74) is 0. The van der Waals surface area contributed by atoms with Gasteiger partial charge in [0.05, 0.1) is 7.11 Å². The second-order valence-corrected chi connectivity index (χ2v) is 3.50. The van der Waals surface area contributed by atoms with Gasteiger partial charge in [-0.25, -0.2) is 4.98 Å². The Morgan fingerprint density at radius 1 is 1.56 bits per heavy atom. The molecule has 1 atom stereocenters. The third-order valence-corrected chi connectivity index (χ3v) is 2.23. The Kier molecular flexibility index (Phi) is 4.59. The summed E-state index contributed by atoms with van der Waals surface area (Å²) in [6.07, 6.45) is 6.93. The van der Waals surface area contributed by atoms with Gasteiger partial charge in [-0.2, -0.15) is 4.98 Å². The van der Waals surface area contributed by atoms with Crippen LogP contribution in [0.2, 0.25) is 0 Å². The van der Waals surface area contributed by atoms with Crippen LogP contribution < -0.4 is 10.1 Å². The lowest BCUT2D eigenvalue weighted by molar-refractivity contribution is 0.396. The van der Waals surface area contributed by atoms with Gasteiger partial charge in [0, 0.05) is 18.5 Å². The largest absolute Gasteiger partial charge is 0.481 e. The summed E-state index contributed by atoms with van der Waals surface area (Å²) in [6.45, 7) is 3.91. The van der Waals surface area contributed by atoms with Crippen molar-refractivity contribution < 1.29 is 4.74 Å².